The molecule has 1 saturated heterocycles. The average molecular weight is 180 g/mol. The minimum Gasteiger partial charge on any atom is -0.320 e. The van der Waals surface area contributed by atoms with Crippen molar-refractivity contribution in [2.24, 2.45) is 5.73 Å². The first kappa shape index (κ1) is 10.6. The van der Waals surface area contributed by atoms with Crippen LogP contribution in [-0.4, -0.2) is 30.1 Å². The molecule has 0 amide bonds. The van der Waals surface area contributed by atoms with Gasteiger partial charge in [-0.25, -0.2) is 0 Å². The van der Waals surface area contributed by atoms with E-state index < -0.39 is 0 Å². The summed E-state index contributed by atoms with van der Waals surface area (Å²) in [6, 6.07) is 1.34. The summed E-state index contributed by atoms with van der Waals surface area (Å²) < 4.78 is 0. The number of hydrogen-bond acceptors (Lipinski definition) is 2. The summed E-state index contributed by atoms with van der Waals surface area (Å²) in [6.07, 6.45) is 3.62. The van der Waals surface area contributed by atoms with Gasteiger partial charge in [-0.2, -0.15) is 0 Å². The van der Waals surface area contributed by atoms with Gasteiger partial charge in [0.1, 0.15) is 0 Å². The Morgan fingerprint density at radius 1 is 1.46 bits per heavy atom. The molecule has 0 aromatic rings. The van der Waals surface area contributed by atoms with Crippen LogP contribution in [0.5, 0.6) is 0 Å². The zero-order chi connectivity index (χ0) is 9.68. The molecule has 1 atom stereocenters. The lowest BCUT2D eigenvalue weighted by Crippen LogP contribution is -2.35. The van der Waals surface area contributed by atoms with E-state index in [4.69, 9.17) is 5.73 Å². The first-order valence-electron chi connectivity index (χ1n) is 5.17. The predicted octanol–water partition coefficient (Wildman–Crippen LogP) is 1.21. The minimum absolute atomic E-state index is 0.494. The Balaban J connectivity index is 2.39. The molecular weight excluding hydrogens is 160 g/mol. The molecule has 1 fully saturated rings. The van der Waals surface area contributed by atoms with Gasteiger partial charge >= 0.3 is 0 Å². The summed E-state index contributed by atoms with van der Waals surface area (Å²) in [7, 11) is 0. The van der Waals surface area contributed by atoms with Crippen molar-refractivity contribution >= 4 is 0 Å². The van der Waals surface area contributed by atoms with Gasteiger partial charge in [-0.05, 0) is 33.2 Å². The fourth-order valence-electron chi connectivity index (χ4n) is 2.02. The molecule has 1 aliphatic heterocycles. The van der Waals surface area contributed by atoms with Gasteiger partial charge in [-0.3, -0.25) is 4.90 Å². The van der Waals surface area contributed by atoms with Crippen molar-refractivity contribution in [2.45, 2.75) is 45.2 Å². The molecule has 0 aromatic carbocycles. The summed E-state index contributed by atoms with van der Waals surface area (Å²) in [5, 5.41) is 0. The van der Waals surface area contributed by atoms with Crippen molar-refractivity contribution in [3.05, 3.63) is 0 Å². The smallest absolute Gasteiger partial charge is 0.0551 e. The molecular formula is C11H20N2. The van der Waals surface area contributed by atoms with Crippen molar-refractivity contribution < 1.29 is 0 Å². The van der Waals surface area contributed by atoms with E-state index in [1.54, 1.807) is 0 Å². The third-order valence-electron chi connectivity index (χ3n) is 2.65. The highest BCUT2D eigenvalue weighted by Gasteiger charge is 2.25. The van der Waals surface area contributed by atoms with Gasteiger partial charge in [-0.15, -0.1) is 5.92 Å². The molecule has 2 heteroatoms. The first-order chi connectivity index (χ1) is 6.25. The molecule has 0 aromatic heterocycles. The molecule has 1 rings (SSSR count). The van der Waals surface area contributed by atoms with Gasteiger partial charge in [0.15, 0.2) is 0 Å². The first-order valence-corrected chi connectivity index (χ1v) is 5.17. The fraction of sp³-hybridized carbons (Fsp3) is 0.818. The van der Waals surface area contributed by atoms with Crippen molar-refractivity contribution in [1.29, 1.82) is 0 Å². The molecule has 1 heterocycles. The van der Waals surface area contributed by atoms with Crippen LogP contribution in [-0.2, 0) is 0 Å². The third-order valence-corrected chi connectivity index (χ3v) is 2.65. The van der Waals surface area contributed by atoms with Crippen LogP contribution in [0.2, 0.25) is 0 Å². The van der Waals surface area contributed by atoms with E-state index in [-0.39, 0.29) is 0 Å². The molecule has 1 aliphatic rings. The summed E-state index contributed by atoms with van der Waals surface area (Å²) in [5.41, 5.74) is 5.32. The Morgan fingerprint density at radius 2 is 2.23 bits per heavy atom. The molecule has 2 N–H and O–H groups in total. The molecule has 1 unspecified atom stereocenters. The average Bonchev–Trinajstić information content (AvgIpc) is 2.53. The largest absolute Gasteiger partial charge is 0.320 e. The fourth-order valence-corrected chi connectivity index (χ4v) is 2.02. The van der Waals surface area contributed by atoms with Crippen LogP contribution in [0.1, 0.15) is 33.1 Å². The Labute approximate surface area is 81.5 Å². The Morgan fingerprint density at radius 3 is 2.85 bits per heavy atom. The highest BCUT2D eigenvalue weighted by Crippen LogP contribution is 2.21. The van der Waals surface area contributed by atoms with E-state index in [1.165, 1.54) is 19.4 Å². The van der Waals surface area contributed by atoms with Crippen LogP contribution in [0, 0.1) is 11.8 Å². The highest BCUT2D eigenvalue weighted by atomic mass is 15.2. The quantitative estimate of drug-likeness (QED) is 0.647. The monoisotopic (exact) mass is 180 g/mol. The van der Waals surface area contributed by atoms with Crippen LogP contribution in [0.15, 0.2) is 0 Å². The van der Waals surface area contributed by atoms with Crippen molar-refractivity contribution in [3.63, 3.8) is 0 Å². The second-order valence-electron chi connectivity index (χ2n) is 3.89. The van der Waals surface area contributed by atoms with Gasteiger partial charge in [0.05, 0.1) is 6.54 Å². The summed E-state index contributed by atoms with van der Waals surface area (Å²) in [6.45, 7) is 6.25. The number of likely N-dealkylation sites (tertiary alicyclic amines) is 1. The molecule has 2 nitrogen and oxygen atoms in total. The van der Waals surface area contributed by atoms with Crippen LogP contribution in [0.25, 0.3) is 0 Å². The molecule has 0 bridgehead atoms. The maximum absolute atomic E-state index is 5.32. The SMILES string of the molecule is CC(C)N1CCCC1CC#CCN. The van der Waals surface area contributed by atoms with Crippen LogP contribution in [0.3, 0.4) is 0 Å². The van der Waals surface area contributed by atoms with Gasteiger partial charge in [-0.1, -0.05) is 5.92 Å². The number of nitrogens with zero attached hydrogens (tertiary/aromatic N) is 1. The lowest BCUT2D eigenvalue weighted by Gasteiger charge is -2.26. The van der Waals surface area contributed by atoms with Gasteiger partial charge < -0.3 is 5.73 Å². The number of nitrogens with two attached hydrogens (primary N) is 1. The van der Waals surface area contributed by atoms with Gasteiger partial charge in [0.25, 0.3) is 0 Å². The van der Waals surface area contributed by atoms with Gasteiger partial charge in [0, 0.05) is 18.5 Å². The molecule has 0 saturated carbocycles. The highest BCUT2D eigenvalue weighted by molar-refractivity contribution is 5.03. The van der Waals surface area contributed by atoms with Crippen molar-refractivity contribution in [3.8, 4) is 11.8 Å². The Hall–Kier alpha value is -0.520. The topological polar surface area (TPSA) is 29.3 Å². The summed E-state index contributed by atoms with van der Waals surface area (Å²) in [4.78, 5) is 2.55. The summed E-state index contributed by atoms with van der Waals surface area (Å²) in [5.74, 6) is 6.08. The lowest BCUT2D eigenvalue weighted by atomic mass is 10.1. The second-order valence-corrected chi connectivity index (χ2v) is 3.89. The molecule has 74 valence electrons. The van der Waals surface area contributed by atoms with E-state index in [0.717, 1.165) is 6.42 Å². The van der Waals surface area contributed by atoms with E-state index in [1.807, 2.05) is 0 Å². The van der Waals surface area contributed by atoms with E-state index in [2.05, 4.69) is 30.6 Å². The Kier molecular flexibility index (Phi) is 4.27. The molecule has 0 aliphatic carbocycles. The van der Waals surface area contributed by atoms with Crippen molar-refractivity contribution in [1.82, 2.24) is 4.90 Å². The van der Waals surface area contributed by atoms with E-state index in [0.29, 0.717) is 18.6 Å². The van der Waals surface area contributed by atoms with Crippen LogP contribution in [0.4, 0.5) is 0 Å². The molecule has 13 heavy (non-hydrogen) atoms. The van der Waals surface area contributed by atoms with E-state index >= 15 is 0 Å². The zero-order valence-corrected chi connectivity index (χ0v) is 8.71. The van der Waals surface area contributed by atoms with Crippen LogP contribution < -0.4 is 5.73 Å². The van der Waals surface area contributed by atoms with Crippen LogP contribution >= 0.6 is 0 Å². The maximum atomic E-state index is 5.32. The van der Waals surface area contributed by atoms with Crippen molar-refractivity contribution in [2.75, 3.05) is 13.1 Å². The number of hydrogen-bond donors (Lipinski definition) is 1. The standard InChI is InChI=1S/C11H20N2/c1-10(2)13-9-5-7-11(13)6-3-4-8-12/h10-11H,5-9,12H2,1-2H3. The molecule has 0 radical (unpaired) electrons. The normalized spacial score (nSPS) is 23.2. The maximum Gasteiger partial charge on any atom is 0.0551 e. The summed E-state index contributed by atoms with van der Waals surface area (Å²) >= 11 is 0. The lowest BCUT2D eigenvalue weighted by molar-refractivity contribution is 0.206. The third kappa shape index (κ3) is 3.02. The second kappa shape index (κ2) is 5.26. The predicted molar refractivity (Wildman–Crippen MR) is 56.3 cm³/mol. The number of rotatable bonds is 2. The minimum atomic E-state index is 0.494. The zero-order valence-electron chi connectivity index (χ0n) is 8.71. The van der Waals surface area contributed by atoms with Gasteiger partial charge in [0.2, 0.25) is 0 Å². The van der Waals surface area contributed by atoms with E-state index in [9.17, 15) is 0 Å². The molecule has 0 spiro atoms. The Bertz CT molecular complexity index is 200.